The summed E-state index contributed by atoms with van der Waals surface area (Å²) in [4.78, 5) is 12.0. The second kappa shape index (κ2) is 23.8. The predicted molar refractivity (Wildman–Crippen MR) is 139 cm³/mol. The summed E-state index contributed by atoms with van der Waals surface area (Å²) in [6.45, 7) is 5.19. The number of hydrogen-bond donors (Lipinski definition) is 2. The van der Waals surface area contributed by atoms with Crippen LogP contribution in [0.25, 0.3) is 0 Å². The SMILES string of the molecule is CCCCCCCC/C=C\CCCCCCCC(=O)OC[C@@H]1CC[C@H](CNCCOCCO)O1. The average Bonchev–Trinajstić information content (AvgIpc) is 3.30. The van der Waals surface area contributed by atoms with Crippen LogP contribution < -0.4 is 5.32 Å². The van der Waals surface area contributed by atoms with Crippen LogP contribution in [0.1, 0.15) is 110 Å². The molecule has 1 aliphatic heterocycles. The molecule has 1 fully saturated rings. The molecule has 0 bridgehead atoms. The van der Waals surface area contributed by atoms with Crippen LogP contribution >= 0.6 is 0 Å². The Hall–Kier alpha value is -0.950. The molecule has 0 aliphatic carbocycles. The second-order valence-corrected chi connectivity index (χ2v) is 9.51. The van der Waals surface area contributed by atoms with Gasteiger partial charge in [-0.25, -0.2) is 0 Å². The van der Waals surface area contributed by atoms with Crippen molar-refractivity contribution in [2.24, 2.45) is 0 Å². The number of unbranched alkanes of at least 4 members (excludes halogenated alkanes) is 11. The van der Waals surface area contributed by atoms with Gasteiger partial charge >= 0.3 is 5.97 Å². The molecule has 1 saturated heterocycles. The van der Waals surface area contributed by atoms with Crippen molar-refractivity contribution in [2.75, 3.05) is 39.5 Å². The molecule has 6 nitrogen and oxygen atoms in total. The lowest BCUT2D eigenvalue weighted by Gasteiger charge is -2.14. The molecule has 0 radical (unpaired) electrons. The molecule has 1 aliphatic rings. The van der Waals surface area contributed by atoms with E-state index in [2.05, 4.69) is 24.4 Å². The quantitative estimate of drug-likeness (QED) is 0.104. The smallest absolute Gasteiger partial charge is 0.305 e. The number of rotatable bonds is 24. The van der Waals surface area contributed by atoms with E-state index in [-0.39, 0.29) is 24.8 Å². The van der Waals surface area contributed by atoms with Crippen LogP contribution in [0.15, 0.2) is 12.2 Å². The zero-order valence-corrected chi connectivity index (χ0v) is 21.9. The third-order valence-electron chi connectivity index (χ3n) is 6.30. The molecule has 2 N–H and O–H groups in total. The Bertz CT molecular complexity index is 485. The van der Waals surface area contributed by atoms with Crippen molar-refractivity contribution in [1.82, 2.24) is 5.32 Å². The van der Waals surface area contributed by atoms with Gasteiger partial charge in [-0.1, -0.05) is 70.4 Å². The molecule has 0 unspecified atom stereocenters. The van der Waals surface area contributed by atoms with E-state index in [9.17, 15) is 4.79 Å². The van der Waals surface area contributed by atoms with Gasteiger partial charge in [-0.3, -0.25) is 4.79 Å². The Kier molecular flexibility index (Phi) is 21.7. The van der Waals surface area contributed by atoms with E-state index in [4.69, 9.17) is 19.3 Å². The van der Waals surface area contributed by atoms with Crippen molar-refractivity contribution in [3.8, 4) is 0 Å². The van der Waals surface area contributed by atoms with Crippen molar-refractivity contribution in [3.05, 3.63) is 12.2 Å². The average molecular weight is 484 g/mol. The van der Waals surface area contributed by atoms with Crippen LogP contribution in [-0.4, -0.2) is 62.8 Å². The van der Waals surface area contributed by atoms with Crippen LogP contribution in [0.5, 0.6) is 0 Å². The van der Waals surface area contributed by atoms with E-state index in [0.717, 1.165) is 38.8 Å². The molecule has 0 aromatic rings. The van der Waals surface area contributed by atoms with Crippen LogP contribution in [0.3, 0.4) is 0 Å². The largest absolute Gasteiger partial charge is 0.463 e. The molecule has 0 saturated carbocycles. The Morgan fingerprint density at radius 3 is 2.26 bits per heavy atom. The number of aliphatic hydroxyl groups is 1. The first-order valence-electron chi connectivity index (χ1n) is 14.1. The lowest BCUT2D eigenvalue weighted by Crippen LogP contribution is -2.30. The topological polar surface area (TPSA) is 77.0 Å². The Labute approximate surface area is 209 Å². The van der Waals surface area contributed by atoms with Crippen molar-refractivity contribution in [3.63, 3.8) is 0 Å². The lowest BCUT2D eigenvalue weighted by atomic mass is 10.1. The van der Waals surface area contributed by atoms with Gasteiger partial charge in [0.2, 0.25) is 0 Å². The number of aliphatic hydroxyl groups excluding tert-OH is 1. The summed E-state index contributed by atoms with van der Waals surface area (Å²) < 4.78 is 16.6. The van der Waals surface area contributed by atoms with Crippen molar-refractivity contribution in [2.45, 2.75) is 122 Å². The number of hydrogen-bond acceptors (Lipinski definition) is 6. The molecule has 0 spiro atoms. The fourth-order valence-corrected chi connectivity index (χ4v) is 4.22. The van der Waals surface area contributed by atoms with Crippen molar-refractivity contribution in [1.29, 1.82) is 0 Å². The highest BCUT2D eigenvalue weighted by atomic mass is 16.6. The van der Waals surface area contributed by atoms with Gasteiger partial charge in [0, 0.05) is 19.5 Å². The molecule has 200 valence electrons. The Balaban J connectivity index is 1.84. The minimum absolute atomic E-state index is 0.0236. The molecular formula is C28H53NO5. The molecule has 1 rings (SSSR count). The zero-order chi connectivity index (χ0) is 24.5. The van der Waals surface area contributed by atoms with Crippen LogP contribution in [0.4, 0.5) is 0 Å². The normalized spacial score (nSPS) is 18.2. The molecule has 0 aromatic carbocycles. The highest BCUT2D eigenvalue weighted by molar-refractivity contribution is 5.69. The summed E-state index contributed by atoms with van der Waals surface area (Å²) >= 11 is 0. The van der Waals surface area contributed by atoms with Crippen LogP contribution in [0.2, 0.25) is 0 Å². The zero-order valence-electron chi connectivity index (χ0n) is 21.9. The number of ether oxygens (including phenoxy) is 3. The first kappa shape index (κ1) is 31.1. The first-order valence-corrected chi connectivity index (χ1v) is 14.1. The van der Waals surface area contributed by atoms with Gasteiger partial charge in [-0.05, 0) is 44.9 Å². The van der Waals surface area contributed by atoms with Crippen molar-refractivity contribution >= 4 is 5.97 Å². The lowest BCUT2D eigenvalue weighted by molar-refractivity contribution is -0.147. The van der Waals surface area contributed by atoms with Crippen LogP contribution in [0, 0.1) is 0 Å². The van der Waals surface area contributed by atoms with Crippen LogP contribution in [-0.2, 0) is 19.0 Å². The summed E-state index contributed by atoms with van der Waals surface area (Å²) in [5.74, 6) is -0.0937. The Morgan fingerprint density at radius 2 is 1.56 bits per heavy atom. The van der Waals surface area contributed by atoms with Gasteiger partial charge < -0.3 is 24.6 Å². The summed E-state index contributed by atoms with van der Waals surface area (Å²) in [5.41, 5.74) is 0. The number of carbonyl (C=O) groups is 1. The van der Waals surface area contributed by atoms with E-state index in [1.165, 1.54) is 70.6 Å². The van der Waals surface area contributed by atoms with E-state index in [1.54, 1.807) is 0 Å². The third kappa shape index (κ3) is 19.4. The van der Waals surface area contributed by atoms with E-state index < -0.39 is 0 Å². The summed E-state index contributed by atoms with van der Waals surface area (Å²) in [5, 5.41) is 12.0. The van der Waals surface area contributed by atoms with Gasteiger partial charge in [-0.15, -0.1) is 0 Å². The molecule has 6 heteroatoms. The molecule has 34 heavy (non-hydrogen) atoms. The van der Waals surface area contributed by atoms with Gasteiger partial charge in [0.15, 0.2) is 0 Å². The van der Waals surface area contributed by atoms with E-state index in [0.29, 0.717) is 26.2 Å². The number of allylic oxidation sites excluding steroid dienone is 2. The minimum atomic E-state index is -0.0937. The van der Waals surface area contributed by atoms with E-state index in [1.807, 2.05) is 0 Å². The highest BCUT2D eigenvalue weighted by Crippen LogP contribution is 2.19. The van der Waals surface area contributed by atoms with Crippen molar-refractivity contribution < 1.29 is 24.1 Å². The molecule has 2 atom stereocenters. The summed E-state index contributed by atoms with van der Waals surface area (Å²) in [7, 11) is 0. The summed E-state index contributed by atoms with van der Waals surface area (Å²) in [6, 6.07) is 0. The standard InChI is InChI=1S/C28H53NO5/c1-2-3-4-5-6-7-8-9-10-11-12-13-14-15-16-17-28(31)33-25-27-19-18-26(34-27)24-29-20-22-32-23-21-30/h9-10,26-27,29-30H,2-8,11-25H2,1H3/b10-9-/t26-,27+/m1/s1. The first-order chi connectivity index (χ1) is 16.8. The minimum Gasteiger partial charge on any atom is -0.463 e. The molecular weight excluding hydrogens is 430 g/mol. The number of nitrogens with one attached hydrogen (secondary N) is 1. The molecule has 0 aromatic heterocycles. The predicted octanol–water partition coefficient (Wildman–Crippen LogP) is 5.71. The monoisotopic (exact) mass is 483 g/mol. The second-order valence-electron chi connectivity index (χ2n) is 9.51. The van der Waals surface area contributed by atoms with Gasteiger partial charge in [-0.2, -0.15) is 0 Å². The molecule has 0 amide bonds. The van der Waals surface area contributed by atoms with Gasteiger partial charge in [0.25, 0.3) is 0 Å². The fraction of sp³-hybridized carbons (Fsp3) is 0.893. The van der Waals surface area contributed by atoms with E-state index >= 15 is 0 Å². The number of carbonyl (C=O) groups excluding carboxylic acids is 1. The van der Waals surface area contributed by atoms with Gasteiger partial charge in [0.05, 0.1) is 32.0 Å². The van der Waals surface area contributed by atoms with Gasteiger partial charge in [0.1, 0.15) is 6.61 Å². The fourth-order valence-electron chi connectivity index (χ4n) is 4.22. The Morgan fingerprint density at radius 1 is 0.912 bits per heavy atom. The maximum Gasteiger partial charge on any atom is 0.305 e. The summed E-state index contributed by atoms with van der Waals surface area (Å²) in [6.07, 6.45) is 23.7. The maximum absolute atomic E-state index is 12.0. The third-order valence-corrected chi connectivity index (χ3v) is 6.30. The highest BCUT2D eigenvalue weighted by Gasteiger charge is 2.25. The number of esters is 1. The maximum atomic E-state index is 12.0. The molecule has 1 heterocycles.